The van der Waals surface area contributed by atoms with E-state index >= 15 is 0 Å². The quantitative estimate of drug-likeness (QED) is 0.802. The third kappa shape index (κ3) is 2.68. The molecule has 0 saturated heterocycles. The van der Waals surface area contributed by atoms with Gasteiger partial charge in [-0.1, -0.05) is 18.5 Å². The van der Waals surface area contributed by atoms with E-state index in [2.05, 4.69) is 9.97 Å². The summed E-state index contributed by atoms with van der Waals surface area (Å²) in [4.78, 5) is 8.61. The number of rotatable bonds is 3. The molecule has 19 heavy (non-hydrogen) atoms. The number of halogens is 2. The van der Waals surface area contributed by atoms with Crippen LogP contribution in [0.25, 0.3) is 11.4 Å². The van der Waals surface area contributed by atoms with Crippen molar-refractivity contribution in [1.29, 1.82) is 0 Å². The summed E-state index contributed by atoms with van der Waals surface area (Å²) in [6.45, 7) is 3.86. The van der Waals surface area contributed by atoms with Gasteiger partial charge >= 0.3 is 0 Å². The summed E-state index contributed by atoms with van der Waals surface area (Å²) >= 11 is 6.08. The number of hydrogen-bond donors (Lipinski definition) is 0. The highest BCUT2D eigenvalue weighted by Gasteiger charge is 2.11. The van der Waals surface area contributed by atoms with Gasteiger partial charge < -0.3 is 4.74 Å². The van der Waals surface area contributed by atoms with Crippen molar-refractivity contribution in [1.82, 2.24) is 9.97 Å². The predicted molar refractivity (Wildman–Crippen MR) is 73.1 cm³/mol. The molecule has 0 saturated carbocycles. The summed E-state index contributed by atoms with van der Waals surface area (Å²) in [6.07, 6.45) is 0.750. The Balaban J connectivity index is 2.53. The first kappa shape index (κ1) is 13.7. The van der Waals surface area contributed by atoms with Gasteiger partial charge in [-0.25, -0.2) is 14.4 Å². The van der Waals surface area contributed by atoms with Crippen LogP contribution in [0.4, 0.5) is 4.39 Å². The molecule has 0 amide bonds. The minimum atomic E-state index is -0.446. The third-order valence-corrected chi connectivity index (χ3v) is 3.30. The molecule has 0 radical (unpaired) electrons. The van der Waals surface area contributed by atoms with Crippen molar-refractivity contribution in [2.45, 2.75) is 20.3 Å². The summed E-state index contributed by atoms with van der Waals surface area (Å²) in [5.41, 5.74) is 2.31. The molecule has 1 aromatic carbocycles. The van der Waals surface area contributed by atoms with Crippen molar-refractivity contribution in [3.05, 3.63) is 40.4 Å². The highest BCUT2D eigenvalue weighted by molar-refractivity contribution is 6.30. The minimum Gasteiger partial charge on any atom is -0.494 e. The Hall–Kier alpha value is -1.68. The van der Waals surface area contributed by atoms with Crippen molar-refractivity contribution in [3.63, 3.8) is 0 Å². The Morgan fingerprint density at radius 2 is 2.05 bits per heavy atom. The Morgan fingerprint density at radius 1 is 1.32 bits per heavy atom. The van der Waals surface area contributed by atoms with Gasteiger partial charge in [-0.15, -0.1) is 0 Å². The molecule has 0 spiro atoms. The summed E-state index contributed by atoms with van der Waals surface area (Å²) in [6, 6.07) is 4.61. The molecular formula is C14H14ClFN2O. The Kier molecular flexibility index (Phi) is 4.00. The summed E-state index contributed by atoms with van der Waals surface area (Å²) in [5.74, 6) is 0.171. The predicted octanol–water partition coefficient (Wildman–Crippen LogP) is 3.82. The lowest BCUT2D eigenvalue weighted by molar-refractivity contribution is 0.386. The van der Waals surface area contributed by atoms with Gasteiger partial charge in [0.25, 0.3) is 0 Å². The molecule has 5 heteroatoms. The molecule has 1 heterocycles. The first-order valence-electron chi connectivity index (χ1n) is 5.93. The van der Waals surface area contributed by atoms with E-state index in [-0.39, 0.29) is 5.75 Å². The molecule has 0 atom stereocenters. The molecule has 3 nitrogen and oxygen atoms in total. The van der Waals surface area contributed by atoms with E-state index in [4.69, 9.17) is 16.3 Å². The minimum absolute atomic E-state index is 0.192. The van der Waals surface area contributed by atoms with Crippen molar-refractivity contribution in [3.8, 4) is 17.1 Å². The number of nitrogens with zero attached hydrogens (tertiary/aromatic N) is 2. The fourth-order valence-corrected chi connectivity index (χ4v) is 2.00. The Bertz CT molecular complexity index is 617. The normalized spacial score (nSPS) is 10.6. The lowest BCUT2D eigenvalue weighted by Crippen LogP contribution is -2.00. The maximum absolute atomic E-state index is 13.7. The first-order chi connectivity index (χ1) is 9.06. The number of aromatic nitrogens is 2. The van der Waals surface area contributed by atoms with E-state index in [1.54, 1.807) is 12.1 Å². The van der Waals surface area contributed by atoms with Crippen molar-refractivity contribution in [2.75, 3.05) is 7.11 Å². The zero-order valence-corrected chi connectivity index (χ0v) is 11.8. The molecule has 0 aliphatic rings. The number of aryl methyl sites for hydroxylation is 1. The van der Waals surface area contributed by atoms with Crippen molar-refractivity contribution < 1.29 is 9.13 Å². The van der Waals surface area contributed by atoms with Crippen molar-refractivity contribution in [2.24, 2.45) is 0 Å². The molecule has 0 aliphatic heterocycles. The van der Waals surface area contributed by atoms with Gasteiger partial charge in [0.2, 0.25) is 0 Å². The van der Waals surface area contributed by atoms with Crippen LogP contribution in [0.5, 0.6) is 5.75 Å². The van der Waals surface area contributed by atoms with Gasteiger partial charge in [-0.05, 0) is 31.5 Å². The van der Waals surface area contributed by atoms with Crippen LogP contribution in [0.3, 0.4) is 0 Å². The monoisotopic (exact) mass is 280 g/mol. The van der Waals surface area contributed by atoms with E-state index in [1.807, 2.05) is 13.8 Å². The van der Waals surface area contributed by atoms with Crippen LogP contribution in [-0.2, 0) is 6.42 Å². The number of ether oxygens (including phenoxy) is 1. The van der Waals surface area contributed by atoms with Crippen molar-refractivity contribution >= 4 is 11.6 Å². The largest absolute Gasteiger partial charge is 0.494 e. The molecule has 0 unspecified atom stereocenters. The standard InChI is InChI=1S/C14H14ClFN2O/c1-4-11-8(2)13(15)18-14(17-11)9-5-6-12(19-3)10(16)7-9/h5-7H,4H2,1-3H3. The maximum Gasteiger partial charge on any atom is 0.165 e. The zero-order valence-electron chi connectivity index (χ0n) is 11.0. The molecule has 0 aliphatic carbocycles. The zero-order chi connectivity index (χ0) is 14.0. The molecule has 0 fully saturated rings. The number of hydrogen-bond acceptors (Lipinski definition) is 3. The molecule has 0 bridgehead atoms. The van der Waals surface area contributed by atoms with E-state index in [9.17, 15) is 4.39 Å². The van der Waals surface area contributed by atoms with E-state index in [0.29, 0.717) is 16.5 Å². The number of benzene rings is 1. The lowest BCUT2D eigenvalue weighted by Gasteiger charge is -2.09. The van der Waals surface area contributed by atoms with Crippen LogP contribution < -0.4 is 4.74 Å². The smallest absolute Gasteiger partial charge is 0.165 e. The van der Waals surface area contributed by atoms with E-state index < -0.39 is 5.82 Å². The third-order valence-electron chi connectivity index (χ3n) is 2.93. The van der Waals surface area contributed by atoms with Gasteiger partial charge in [0, 0.05) is 16.8 Å². The maximum atomic E-state index is 13.7. The van der Waals surface area contributed by atoms with Gasteiger partial charge in [-0.2, -0.15) is 0 Å². The molecule has 2 aromatic rings. The average molecular weight is 281 g/mol. The fourth-order valence-electron chi connectivity index (χ4n) is 1.81. The summed E-state index contributed by atoms with van der Waals surface area (Å²) in [5, 5.41) is 0.401. The molecular weight excluding hydrogens is 267 g/mol. The molecule has 100 valence electrons. The van der Waals surface area contributed by atoms with Crippen LogP contribution in [0.2, 0.25) is 5.15 Å². The van der Waals surface area contributed by atoms with Crippen LogP contribution in [-0.4, -0.2) is 17.1 Å². The second-order valence-corrected chi connectivity index (χ2v) is 4.47. The number of methoxy groups -OCH3 is 1. The SMILES string of the molecule is CCc1nc(-c2ccc(OC)c(F)c2)nc(Cl)c1C. The van der Waals surface area contributed by atoms with Crippen LogP contribution >= 0.6 is 11.6 Å². The molecule has 0 N–H and O–H groups in total. The Labute approximate surface area is 116 Å². The second kappa shape index (κ2) is 5.53. The first-order valence-corrected chi connectivity index (χ1v) is 6.31. The van der Waals surface area contributed by atoms with Gasteiger partial charge in [0.05, 0.1) is 7.11 Å². The van der Waals surface area contributed by atoms with E-state index in [0.717, 1.165) is 17.7 Å². The average Bonchev–Trinajstić information content (AvgIpc) is 2.41. The lowest BCUT2D eigenvalue weighted by atomic mass is 10.1. The van der Waals surface area contributed by atoms with Crippen LogP contribution in [0.15, 0.2) is 18.2 Å². The fraction of sp³-hybridized carbons (Fsp3) is 0.286. The summed E-state index contributed by atoms with van der Waals surface area (Å²) in [7, 11) is 1.42. The van der Waals surface area contributed by atoms with Gasteiger partial charge in [0.15, 0.2) is 17.4 Å². The molecule has 1 aromatic heterocycles. The van der Waals surface area contributed by atoms with Crippen LogP contribution in [0.1, 0.15) is 18.2 Å². The Morgan fingerprint density at radius 3 is 2.63 bits per heavy atom. The van der Waals surface area contributed by atoms with Gasteiger partial charge in [-0.3, -0.25) is 0 Å². The topological polar surface area (TPSA) is 35.0 Å². The highest BCUT2D eigenvalue weighted by atomic mass is 35.5. The highest BCUT2D eigenvalue weighted by Crippen LogP contribution is 2.26. The summed E-state index contributed by atoms with van der Waals surface area (Å²) < 4.78 is 18.6. The molecule has 2 rings (SSSR count). The second-order valence-electron chi connectivity index (χ2n) is 4.11. The van der Waals surface area contributed by atoms with Gasteiger partial charge in [0.1, 0.15) is 5.15 Å². The van der Waals surface area contributed by atoms with Crippen LogP contribution in [0, 0.1) is 12.7 Å². The van der Waals surface area contributed by atoms with E-state index in [1.165, 1.54) is 13.2 Å².